The number of hydrogen-bond acceptors (Lipinski definition) is 5. The zero-order valence-corrected chi connectivity index (χ0v) is 14.1. The fourth-order valence-electron chi connectivity index (χ4n) is 2.63. The van der Waals surface area contributed by atoms with Crippen LogP contribution in [-0.2, 0) is 9.53 Å². The average Bonchev–Trinajstić information content (AvgIpc) is 3.01. The fourth-order valence-corrected chi connectivity index (χ4v) is 2.63. The van der Waals surface area contributed by atoms with Crippen LogP contribution in [0.5, 0.6) is 5.88 Å². The number of rotatable bonds is 5. The highest BCUT2D eigenvalue weighted by Crippen LogP contribution is 2.27. The first-order chi connectivity index (χ1) is 12.1. The molecular formula is C18H19N3O4. The maximum Gasteiger partial charge on any atom is 0.414 e. The highest BCUT2D eigenvalue weighted by atomic mass is 16.6. The molecule has 3 rings (SSSR count). The van der Waals surface area contributed by atoms with Crippen molar-refractivity contribution in [1.29, 1.82) is 0 Å². The van der Waals surface area contributed by atoms with Crippen LogP contribution in [0.1, 0.15) is 6.92 Å². The summed E-state index contributed by atoms with van der Waals surface area (Å²) in [6.07, 6.45) is 0.932. The monoisotopic (exact) mass is 341 g/mol. The first-order valence-electron chi connectivity index (χ1n) is 7.90. The van der Waals surface area contributed by atoms with Gasteiger partial charge in [-0.1, -0.05) is 12.1 Å². The summed E-state index contributed by atoms with van der Waals surface area (Å²) in [5.74, 6) is 0.400. The zero-order valence-electron chi connectivity index (χ0n) is 14.1. The van der Waals surface area contributed by atoms with Crippen molar-refractivity contribution in [1.82, 2.24) is 10.3 Å². The molecule has 130 valence electrons. The van der Waals surface area contributed by atoms with Crippen LogP contribution in [0.3, 0.4) is 0 Å². The lowest BCUT2D eigenvalue weighted by Gasteiger charge is -2.14. The van der Waals surface area contributed by atoms with Crippen LogP contribution >= 0.6 is 0 Å². The maximum absolute atomic E-state index is 12.0. The molecule has 1 aromatic heterocycles. The summed E-state index contributed by atoms with van der Waals surface area (Å²) < 4.78 is 10.4. The predicted molar refractivity (Wildman–Crippen MR) is 92.5 cm³/mol. The van der Waals surface area contributed by atoms with Crippen LogP contribution in [0.2, 0.25) is 0 Å². The van der Waals surface area contributed by atoms with Gasteiger partial charge in [0.15, 0.2) is 0 Å². The Morgan fingerprint density at radius 2 is 2.08 bits per heavy atom. The van der Waals surface area contributed by atoms with Crippen molar-refractivity contribution >= 4 is 17.7 Å². The van der Waals surface area contributed by atoms with Crippen molar-refractivity contribution in [3.8, 4) is 17.0 Å². The number of hydrogen-bond donors (Lipinski definition) is 1. The van der Waals surface area contributed by atoms with Gasteiger partial charge in [0.05, 0.1) is 20.2 Å². The van der Waals surface area contributed by atoms with Gasteiger partial charge < -0.3 is 14.8 Å². The number of methoxy groups -OCH3 is 1. The number of benzene rings is 1. The van der Waals surface area contributed by atoms with Crippen LogP contribution in [0.15, 0.2) is 42.6 Å². The number of nitrogens with one attached hydrogen (secondary N) is 1. The van der Waals surface area contributed by atoms with Crippen LogP contribution < -0.4 is 15.0 Å². The molecule has 1 atom stereocenters. The van der Waals surface area contributed by atoms with Crippen molar-refractivity contribution in [2.45, 2.75) is 13.0 Å². The Balaban J connectivity index is 1.71. The molecule has 0 spiro atoms. The number of carbonyl (C=O) groups excluding carboxylic acids is 2. The van der Waals surface area contributed by atoms with E-state index in [4.69, 9.17) is 9.47 Å². The number of anilines is 1. The third-order valence-electron chi connectivity index (χ3n) is 3.91. The summed E-state index contributed by atoms with van der Waals surface area (Å²) in [6.45, 7) is 2.15. The molecule has 0 unspecified atom stereocenters. The van der Waals surface area contributed by atoms with Gasteiger partial charge >= 0.3 is 6.09 Å². The summed E-state index contributed by atoms with van der Waals surface area (Å²) in [5, 5.41) is 2.66. The number of aromatic nitrogens is 1. The van der Waals surface area contributed by atoms with Gasteiger partial charge in [0.1, 0.15) is 6.10 Å². The molecule has 1 fully saturated rings. The minimum Gasteiger partial charge on any atom is -0.481 e. The van der Waals surface area contributed by atoms with Gasteiger partial charge in [-0.2, -0.15) is 0 Å². The standard InChI is InChI=1S/C18H19N3O4/c1-12(22)20-10-16-11-21(18(23)25-16)15-5-3-13(4-6-15)14-7-8-19-17(9-14)24-2/h3-9,16H,10-11H2,1-2H3,(H,20,22)/t16-/m0/s1. The summed E-state index contributed by atoms with van der Waals surface area (Å²) in [5.41, 5.74) is 2.72. The average molecular weight is 341 g/mol. The van der Waals surface area contributed by atoms with Gasteiger partial charge in [0.2, 0.25) is 11.8 Å². The third-order valence-corrected chi connectivity index (χ3v) is 3.91. The third kappa shape index (κ3) is 3.88. The number of cyclic esters (lactones) is 1. The topological polar surface area (TPSA) is 80.8 Å². The Morgan fingerprint density at radius 3 is 2.76 bits per heavy atom. The first kappa shape index (κ1) is 16.8. The Hall–Kier alpha value is -3.09. The van der Waals surface area contributed by atoms with Crippen LogP contribution in [-0.4, -0.2) is 43.3 Å². The van der Waals surface area contributed by atoms with Crippen molar-refractivity contribution in [3.05, 3.63) is 42.6 Å². The molecular weight excluding hydrogens is 322 g/mol. The SMILES string of the molecule is COc1cc(-c2ccc(N3C[C@H](CNC(C)=O)OC3=O)cc2)ccn1. The van der Waals surface area contributed by atoms with E-state index in [9.17, 15) is 9.59 Å². The Bertz CT molecular complexity index is 776. The van der Waals surface area contributed by atoms with Crippen molar-refractivity contribution in [2.24, 2.45) is 0 Å². The molecule has 1 saturated heterocycles. The molecule has 1 N–H and O–H groups in total. The lowest BCUT2D eigenvalue weighted by molar-refractivity contribution is -0.119. The number of ether oxygens (including phenoxy) is 2. The molecule has 0 bridgehead atoms. The van der Waals surface area contributed by atoms with Gasteiger partial charge in [0, 0.05) is 24.9 Å². The summed E-state index contributed by atoms with van der Waals surface area (Å²) in [4.78, 5) is 28.7. The lowest BCUT2D eigenvalue weighted by atomic mass is 10.1. The van der Waals surface area contributed by atoms with Gasteiger partial charge in [-0.15, -0.1) is 0 Å². The van der Waals surface area contributed by atoms with E-state index in [1.807, 2.05) is 36.4 Å². The van der Waals surface area contributed by atoms with E-state index in [1.54, 1.807) is 18.2 Å². The zero-order chi connectivity index (χ0) is 17.8. The predicted octanol–water partition coefficient (Wildman–Crippen LogP) is 2.22. The van der Waals surface area contributed by atoms with Crippen LogP contribution in [0, 0.1) is 0 Å². The second kappa shape index (κ2) is 7.21. The van der Waals surface area contributed by atoms with Crippen molar-refractivity contribution in [3.63, 3.8) is 0 Å². The second-order valence-corrected chi connectivity index (χ2v) is 5.69. The minimum atomic E-state index is -0.409. The number of carbonyl (C=O) groups is 2. The Labute approximate surface area is 145 Å². The molecule has 2 aromatic rings. The molecule has 25 heavy (non-hydrogen) atoms. The van der Waals surface area contributed by atoms with Crippen LogP contribution in [0.4, 0.5) is 10.5 Å². The molecule has 1 aliphatic rings. The van der Waals surface area contributed by atoms with E-state index >= 15 is 0 Å². The largest absolute Gasteiger partial charge is 0.481 e. The summed E-state index contributed by atoms with van der Waals surface area (Å²) >= 11 is 0. The van der Waals surface area contributed by atoms with E-state index < -0.39 is 6.09 Å². The molecule has 0 saturated carbocycles. The van der Waals surface area contributed by atoms with Gasteiger partial charge in [-0.25, -0.2) is 9.78 Å². The molecule has 1 aliphatic heterocycles. The highest BCUT2D eigenvalue weighted by molar-refractivity contribution is 5.90. The molecule has 2 amide bonds. The summed E-state index contributed by atoms with van der Waals surface area (Å²) in [7, 11) is 1.57. The van der Waals surface area contributed by atoms with Gasteiger partial charge in [-0.3, -0.25) is 9.69 Å². The van der Waals surface area contributed by atoms with Crippen molar-refractivity contribution in [2.75, 3.05) is 25.1 Å². The number of nitrogens with zero attached hydrogens (tertiary/aromatic N) is 2. The molecule has 1 aromatic carbocycles. The Morgan fingerprint density at radius 1 is 1.32 bits per heavy atom. The van der Waals surface area contributed by atoms with Gasteiger partial charge in [0.25, 0.3) is 0 Å². The van der Waals surface area contributed by atoms with E-state index in [-0.39, 0.29) is 12.0 Å². The van der Waals surface area contributed by atoms with Crippen LogP contribution in [0.25, 0.3) is 11.1 Å². The van der Waals surface area contributed by atoms with Gasteiger partial charge in [-0.05, 0) is 29.3 Å². The van der Waals surface area contributed by atoms with Crippen molar-refractivity contribution < 1.29 is 19.1 Å². The number of pyridine rings is 1. The second-order valence-electron chi connectivity index (χ2n) is 5.69. The summed E-state index contributed by atoms with van der Waals surface area (Å²) in [6, 6.07) is 11.3. The lowest BCUT2D eigenvalue weighted by Crippen LogP contribution is -2.33. The maximum atomic E-state index is 12.0. The fraction of sp³-hybridized carbons (Fsp3) is 0.278. The van der Waals surface area contributed by atoms with E-state index in [0.717, 1.165) is 16.8 Å². The molecule has 7 heteroatoms. The highest BCUT2D eigenvalue weighted by Gasteiger charge is 2.32. The van der Waals surface area contributed by atoms with E-state index in [1.165, 1.54) is 6.92 Å². The smallest absolute Gasteiger partial charge is 0.414 e. The van der Waals surface area contributed by atoms with E-state index in [0.29, 0.717) is 19.0 Å². The van der Waals surface area contributed by atoms with E-state index in [2.05, 4.69) is 10.3 Å². The molecule has 7 nitrogen and oxygen atoms in total. The minimum absolute atomic E-state index is 0.147. The Kier molecular flexibility index (Phi) is 4.83. The number of amides is 2. The molecule has 0 aliphatic carbocycles. The first-order valence-corrected chi connectivity index (χ1v) is 7.90. The molecule has 2 heterocycles. The molecule has 0 radical (unpaired) electrons. The quantitative estimate of drug-likeness (QED) is 0.902. The normalized spacial score (nSPS) is 16.5.